The van der Waals surface area contributed by atoms with Crippen molar-refractivity contribution in [1.29, 1.82) is 0 Å². The first kappa shape index (κ1) is 10.5. The minimum atomic E-state index is 0.732. The van der Waals surface area contributed by atoms with Crippen molar-refractivity contribution in [3.63, 3.8) is 0 Å². The maximum Gasteiger partial charge on any atom is 0.130 e. The van der Waals surface area contributed by atoms with E-state index in [1.54, 1.807) is 0 Å². The van der Waals surface area contributed by atoms with Crippen LogP contribution in [0.4, 0.5) is 0 Å². The van der Waals surface area contributed by atoms with Gasteiger partial charge in [0.2, 0.25) is 0 Å². The zero-order valence-corrected chi connectivity index (χ0v) is 10.3. The Morgan fingerprint density at radius 2 is 2.18 bits per heavy atom. The minimum absolute atomic E-state index is 0.732. The molecule has 0 fully saturated rings. The highest BCUT2D eigenvalue weighted by Gasteiger charge is 2.12. The van der Waals surface area contributed by atoms with Crippen LogP contribution in [0.1, 0.15) is 11.3 Å². The molecular weight excluding hydrogens is 234 g/mol. The van der Waals surface area contributed by atoms with Gasteiger partial charge >= 0.3 is 0 Å². The zero-order valence-electron chi connectivity index (χ0n) is 9.50. The zero-order chi connectivity index (χ0) is 11.8. The fourth-order valence-corrected chi connectivity index (χ4v) is 2.24. The van der Waals surface area contributed by atoms with Gasteiger partial charge in [-0.1, -0.05) is 11.6 Å². The van der Waals surface area contributed by atoms with Gasteiger partial charge in [-0.2, -0.15) is 0 Å². The Morgan fingerprint density at radius 1 is 1.29 bits per heavy atom. The first-order chi connectivity index (χ1) is 8.24. The molecule has 4 heteroatoms. The lowest BCUT2D eigenvalue weighted by Crippen LogP contribution is -2.20. The van der Waals surface area contributed by atoms with Gasteiger partial charge in [-0.3, -0.25) is 9.98 Å². The van der Waals surface area contributed by atoms with Crippen molar-refractivity contribution in [2.45, 2.75) is 6.92 Å². The lowest BCUT2D eigenvalue weighted by molar-refractivity contribution is 0.959. The molecule has 3 rings (SSSR count). The third-order valence-electron chi connectivity index (χ3n) is 2.90. The molecule has 0 atom stereocenters. The molecule has 1 aromatic carbocycles. The highest BCUT2D eigenvalue weighted by Crippen LogP contribution is 2.21. The van der Waals surface area contributed by atoms with Crippen LogP contribution in [0.25, 0.3) is 10.9 Å². The van der Waals surface area contributed by atoms with Crippen molar-refractivity contribution in [3.05, 3.63) is 40.5 Å². The van der Waals surface area contributed by atoms with E-state index in [0.29, 0.717) is 0 Å². The Kier molecular flexibility index (Phi) is 2.48. The second-order valence-electron chi connectivity index (χ2n) is 4.12. The fourth-order valence-electron chi connectivity index (χ4n) is 2.06. The van der Waals surface area contributed by atoms with E-state index in [0.717, 1.165) is 46.1 Å². The highest BCUT2D eigenvalue weighted by molar-refractivity contribution is 6.31. The molecule has 0 radical (unpaired) electrons. The number of hydrogen-bond acceptors (Lipinski definition) is 3. The Hall–Kier alpha value is -1.61. The van der Waals surface area contributed by atoms with Crippen molar-refractivity contribution < 1.29 is 0 Å². The smallest absolute Gasteiger partial charge is 0.130 e. The Morgan fingerprint density at radius 3 is 2.94 bits per heavy atom. The quantitative estimate of drug-likeness (QED) is 0.839. The van der Waals surface area contributed by atoms with Gasteiger partial charge in [0.15, 0.2) is 0 Å². The predicted octanol–water partition coefficient (Wildman–Crippen LogP) is 2.55. The van der Waals surface area contributed by atoms with Gasteiger partial charge in [0, 0.05) is 28.2 Å². The molecule has 0 spiro atoms. The normalized spacial score (nSPS) is 14.8. The average molecular weight is 246 g/mol. The van der Waals surface area contributed by atoms with Gasteiger partial charge in [-0.05, 0) is 31.2 Å². The number of rotatable bonds is 1. The van der Waals surface area contributed by atoms with Crippen LogP contribution in [0, 0.1) is 6.92 Å². The van der Waals surface area contributed by atoms with E-state index in [-0.39, 0.29) is 0 Å². The first-order valence-electron chi connectivity index (χ1n) is 5.59. The Bertz CT molecular complexity index is 619. The van der Waals surface area contributed by atoms with Gasteiger partial charge in [0.1, 0.15) is 5.84 Å². The third kappa shape index (κ3) is 1.87. The number of aliphatic imine (C=N–C) groups is 1. The number of nitrogens with one attached hydrogen (secondary N) is 1. The minimum Gasteiger partial charge on any atom is -0.368 e. The third-order valence-corrected chi connectivity index (χ3v) is 3.13. The fraction of sp³-hybridized carbons (Fsp3) is 0.231. The molecule has 1 aromatic heterocycles. The van der Waals surface area contributed by atoms with Crippen molar-refractivity contribution in [2.24, 2.45) is 4.99 Å². The molecule has 86 valence electrons. The van der Waals surface area contributed by atoms with Crippen molar-refractivity contribution in [1.82, 2.24) is 10.3 Å². The number of fused-ring (bicyclic) bond motifs is 1. The van der Waals surface area contributed by atoms with Gasteiger partial charge < -0.3 is 5.32 Å². The molecule has 0 bridgehead atoms. The average Bonchev–Trinajstić information content (AvgIpc) is 2.82. The number of hydrogen-bond donors (Lipinski definition) is 1. The van der Waals surface area contributed by atoms with E-state index in [1.807, 2.05) is 25.1 Å². The number of pyridine rings is 1. The van der Waals surface area contributed by atoms with Crippen LogP contribution in [0.15, 0.2) is 29.3 Å². The van der Waals surface area contributed by atoms with Crippen LogP contribution >= 0.6 is 11.6 Å². The summed E-state index contributed by atoms with van der Waals surface area (Å²) in [5, 5.41) is 5.05. The SMILES string of the molecule is Cc1nc2ccc(Cl)cc2cc1C1=NCCN1. The second kappa shape index (κ2) is 4.00. The Balaban J connectivity index is 2.21. The summed E-state index contributed by atoms with van der Waals surface area (Å²) in [6.45, 7) is 3.75. The van der Waals surface area contributed by atoms with E-state index in [2.05, 4.69) is 21.4 Å². The number of aryl methyl sites for hydroxylation is 1. The number of benzene rings is 1. The van der Waals surface area contributed by atoms with Crippen LogP contribution in [-0.4, -0.2) is 23.9 Å². The lowest BCUT2D eigenvalue weighted by Gasteiger charge is -2.08. The molecule has 2 heterocycles. The van der Waals surface area contributed by atoms with Crippen molar-refractivity contribution in [2.75, 3.05) is 13.1 Å². The molecule has 1 N–H and O–H groups in total. The molecular formula is C13H12ClN3. The summed E-state index contributed by atoms with van der Waals surface area (Å²) in [6, 6.07) is 7.84. The van der Waals surface area contributed by atoms with Crippen molar-refractivity contribution in [3.8, 4) is 0 Å². The highest BCUT2D eigenvalue weighted by atomic mass is 35.5. The molecule has 2 aromatic rings. The molecule has 3 nitrogen and oxygen atoms in total. The molecule has 0 saturated heterocycles. The van der Waals surface area contributed by atoms with Gasteiger partial charge in [-0.25, -0.2) is 0 Å². The van der Waals surface area contributed by atoms with Crippen LogP contribution < -0.4 is 5.32 Å². The molecule has 0 aliphatic carbocycles. The molecule has 0 amide bonds. The van der Waals surface area contributed by atoms with Crippen LogP contribution in [0.3, 0.4) is 0 Å². The van der Waals surface area contributed by atoms with Gasteiger partial charge in [0.05, 0.1) is 12.1 Å². The summed E-state index contributed by atoms with van der Waals surface area (Å²) in [6.07, 6.45) is 0. The van der Waals surface area contributed by atoms with Crippen LogP contribution in [0.2, 0.25) is 5.02 Å². The number of nitrogens with zero attached hydrogens (tertiary/aromatic N) is 2. The van der Waals surface area contributed by atoms with E-state index in [1.165, 1.54) is 0 Å². The monoisotopic (exact) mass is 245 g/mol. The summed E-state index contributed by atoms with van der Waals surface area (Å²) in [4.78, 5) is 9.01. The maximum atomic E-state index is 6.00. The van der Waals surface area contributed by atoms with E-state index >= 15 is 0 Å². The largest absolute Gasteiger partial charge is 0.368 e. The standard InChI is InChI=1S/C13H12ClN3/c1-8-11(13-15-4-5-16-13)7-9-6-10(14)2-3-12(9)17-8/h2-3,6-7H,4-5H2,1H3,(H,15,16). The van der Waals surface area contributed by atoms with Gasteiger partial charge in [-0.15, -0.1) is 0 Å². The predicted molar refractivity (Wildman–Crippen MR) is 70.9 cm³/mol. The first-order valence-corrected chi connectivity index (χ1v) is 5.97. The number of amidine groups is 1. The Labute approximate surface area is 105 Å². The summed E-state index contributed by atoms with van der Waals surface area (Å²) < 4.78 is 0. The number of aromatic nitrogens is 1. The molecule has 0 saturated carbocycles. The molecule has 17 heavy (non-hydrogen) atoms. The van der Waals surface area contributed by atoms with E-state index in [4.69, 9.17) is 11.6 Å². The van der Waals surface area contributed by atoms with Crippen LogP contribution in [0.5, 0.6) is 0 Å². The summed E-state index contributed by atoms with van der Waals surface area (Å²) in [7, 11) is 0. The summed E-state index contributed by atoms with van der Waals surface area (Å²) >= 11 is 6.00. The van der Waals surface area contributed by atoms with Gasteiger partial charge in [0.25, 0.3) is 0 Å². The maximum absolute atomic E-state index is 6.00. The van der Waals surface area contributed by atoms with E-state index < -0.39 is 0 Å². The van der Waals surface area contributed by atoms with Crippen LogP contribution in [-0.2, 0) is 0 Å². The summed E-state index contributed by atoms with van der Waals surface area (Å²) in [5.74, 6) is 0.942. The molecule has 1 aliphatic rings. The molecule has 0 unspecified atom stereocenters. The second-order valence-corrected chi connectivity index (χ2v) is 4.55. The molecule has 1 aliphatic heterocycles. The summed E-state index contributed by atoms with van der Waals surface area (Å²) in [5.41, 5.74) is 3.03. The lowest BCUT2D eigenvalue weighted by atomic mass is 10.1. The van der Waals surface area contributed by atoms with Crippen molar-refractivity contribution >= 4 is 28.3 Å². The topological polar surface area (TPSA) is 37.3 Å². The van der Waals surface area contributed by atoms with E-state index in [9.17, 15) is 0 Å². The number of halogens is 1.